The highest BCUT2D eigenvalue weighted by atomic mass is 35.5. The molecule has 5 heteroatoms. The fourth-order valence-electron chi connectivity index (χ4n) is 5.65. The Morgan fingerprint density at radius 3 is 2.74 bits per heavy atom. The van der Waals surface area contributed by atoms with Gasteiger partial charge in [0.15, 0.2) is 0 Å². The van der Waals surface area contributed by atoms with Crippen molar-refractivity contribution < 1.29 is 20.1 Å². The van der Waals surface area contributed by atoms with Crippen LogP contribution in [0.15, 0.2) is 36.4 Å². The van der Waals surface area contributed by atoms with Crippen LogP contribution < -0.4 is 0 Å². The second-order valence-electron chi connectivity index (χ2n) is 9.54. The van der Waals surface area contributed by atoms with E-state index in [1.54, 1.807) is 0 Å². The summed E-state index contributed by atoms with van der Waals surface area (Å²) >= 11 is 6.63. The summed E-state index contributed by atoms with van der Waals surface area (Å²) in [6, 6.07) is 8.16. The number of aliphatic hydroxyl groups excluding tert-OH is 2. The van der Waals surface area contributed by atoms with Crippen LogP contribution in [0, 0.1) is 11.3 Å². The van der Waals surface area contributed by atoms with Gasteiger partial charge in [-0.05, 0) is 62.0 Å². The lowest BCUT2D eigenvalue weighted by atomic mass is 9.61. The molecule has 2 aliphatic carbocycles. The summed E-state index contributed by atoms with van der Waals surface area (Å²) in [6.07, 6.45) is 11.5. The molecule has 0 amide bonds. The van der Waals surface area contributed by atoms with Crippen LogP contribution in [-0.4, -0.2) is 32.8 Å². The molecule has 0 bridgehead atoms. The second-order valence-corrected chi connectivity index (χ2v) is 10.1. The first-order valence-corrected chi connectivity index (χ1v) is 12.3. The molecule has 0 saturated heterocycles. The van der Waals surface area contributed by atoms with Crippen molar-refractivity contribution >= 4 is 17.6 Å². The number of carbonyl (C=O) groups is 1. The molecule has 0 aliphatic heterocycles. The van der Waals surface area contributed by atoms with Gasteiger partial charge < -0.3 is 15.3 Å². The SMILES string of the molecule is CCCC1(C(O)c2cccc(C3C(O)CC(Cl)C3C/C=C/CCCC(=O)O)c2)CCC1. The molecule has 5 unspecified atom stereocenters. The van der Waals surface area contributed by atoms with E-state index in [1.165, 1.54) is 6.42 Å². The van der Waals surface area contributed by atoms with Crippen LogP contribution in [0.5, 0.6) is 0 Å². The number of carboxylic acid groups (broad SMARTS) is 1. The van der Waals surface area contributed by atoms with Gasteiger partial charge in [-0.3, -0.25) is 4.79 Å². The topological polar surface area (TPSA) is 77.8 Å². The number of halogens is 1. The Morgan fingerprint density at radius 1 is 1.32 bits per heavy atom. The first-order valence-electron chi connectivity index (χ1n) is 11.8. The van der Waals surface area contributed by atoms with Crippen molar-refractivity contribution in [2.24, 2.45) is 11.3 Å². The monoisotopic (exact) mass is 448 g/mol. The number of hydrogen-bond acceptors (Lipinski definition) is 3. The van der Waals surface area contributed by atoms with Gasteiger partial charge in [0, 0.05) is 23.1 Å². The zero-order chi connectivity index (χ0) is 22.4. The molecule has 4 nitrogen and oxygen atoms in total. The van der Waals surface area contributed by atoms with E-state index in [-0.39, 0.29) is 29.0 Å². The van der Waals surface area contributed by atoms with Crippen molar-refractivity contribution in [1.82, 2.24) is 0 Å². The highest BCUT2D eigenvalue weighted by molar-refractivity contribution is 6.21. The van der Waals surface area contributed by atoms with Gasteiger partial charge in [-0.15, -0.1) is 11.6 Å². The average molecular weight is 449 g/mol. The number of rotatable bonds is 11. The van der Waals surface area contributed by atoms with Crippen LogP contribution >= 0.6 is 11.6 Å². The predicted octanol–water partition coefficient (Wildman–Crippen LogP) is 5.96. The summed E-state index contributed by atoms with van der Waals surface area (Å²) in [4.78, 5) is 10.6. The summed E-state index contributed by atoms with van der Waals surface area (Å²) in [5, 5.41) is 30.6. The fourth-order valence-corrected chi connectivity index (χ4v) is 6.09. The van der Waals surface area contributed by atoms with Crippen LogP contribution in [0.1, 0.15) is 94.3 Å². The van der Waals surface area contributed by atoms with Gasteiger partial charge in [0.25, 0.3) is 0 Å². The molecule has 1 aromatic rings. The van der Waals surface area contributed by atoms with E-state index in [0.717, 1.165) is 49.7 Å². The number of alkyl halides is 1. The third-order valence-corrected chi connectivity index (χ3v) is 7.93. The predicted molar refractivity (Wildman–Crippen MR) is 124 cm³/mol. The smallest absolute Gasteiger partial charge is 0.303 e. The molecule has 0 spiro atoms. The van der Waals surface area contributed by atoms with Crippen molar-refractivity contribution in [3.63, 3.8) is 0 Å². The van der Waals surface area contributed by atoms with Gasteiger partial charge in [-0.25, -0.2) is 0 Å². The van der Waals surface area contributed by atoms with Crippen LogP contribution in [0.3, 0.4) is 0 Å². The van der Waals surface area contributed by atoms with Crippen molar-refractivity contribution in [3.05, 3.63) is 47.5 Å². The molecule has 5 atom stereocenters. The maximum absolute atomic E-state index is 11.2. The molecule has 31 heavy (non-hydrogen) atoms. The van der Waals surface area contributed by atoms with E-state index in [0.29, 0.717) is 12.8 Å². The number of carboxylic acids is 1. The number of allylic oxidation sites excluding steroid dienone is 2. The summed E-state index contributed by atoms with van der Waals surface area (Å²) in [5.41, 5.74) is 2.02. The quantitative estimate of drug-likeness (QED) is 0.221. The molecule has 2 saturated carbocycles. The maximum atomic E-state index is 11.2. The van der Waals surface area contributed by atoms with E-state index in [9.17, 15) is 15.0 Å². The van der Waals surface area contributed by atoms with Crippen LogP contribution in [-0.2, 0) is 4.79 Å². The lowest BCUT2D eigenvalue weighted by Crippen LogP contribution is -2.36. The summed E-state index contributed by atoms with van der Waals surface area (Å²) in [7, 11) is 0. The van der Waals surface area contributed by atoms with Crippen LogP contribution in [0.2, 0.25) is 0 Å². The third kappa shape index (κ3) is 5.71. The van der Waals surface area contributed by atoms with Gasteiger partial charge in [-0.1, -0.05) is 56.2 Å². The average Bonchev–Trinajstić information content (AvgIpc) is 2.99. The molecule has 0 radical (unpaired) electrons. The number of aliphatic carboxylic acids is 1. The summed E-state index contributed by atoms with van der Waals surface area (Å²) < 4.78 is 0. The summed E-state index contributed by atoms with van der Waals surface area (Å²) in [5.74, 6) is -0.701. The molecule has 0 aromatic heterocycles. The number of aliphatic hydroxyl groups is 2. The van der Waals surface area contributed by atoms with Gasteiger partial charge in [-0.2, -0.15) is 0 Å². The van der Waals surface area contributed by atoms with Crippen LogP contribution in [0.25, 0.3) is 0 Å². The molecule has 3 rings (SSSR count). The van der Waals surface area contributed by atoms with Crippen molar-refractivity contribution in [2.75, 3.05) is 0 Å². The van der Waals surface area contributed by atoms with Gasteiger partial charge in [0.05, 0.1) is 12.2 Å². The maximum Gasteiger partial charge on any atom is 0.303 e. The molecular weight excluding hydrogens is 412 g/mol. The van der Waals surface area contributed by atoms with Gasteiger partial charge >= 0.3 is 5.97 Å². The number of benzene rings is 1. The largest absolute Gasteiger partial charge is 0.481 e. The van der Waals surface area contributed by atoms with Crippen molar-refractivity contribution in [2.45, 2.75) is 94.6 Å². The van der Waals surface area contributed by atoms with Crippen molar-refractivity contribution in [3.8, 4) is 0 Å². The van der Waals surface area contributed by atoms with E-state index in [2.05, 4.69) is 25.1 Å². The van der Waals surface area contributed by atoms with Gasteiger partial charge in [0.1, 0.15) is 0 Å². The minimum absolute atomic E-state index is 0.00871. The first-order chi connectivity index (χ1) is 14.9. The minimum Gasteiger partial charge on any atom is -0.481 e. The van der Waals surface area contributed by atoms with E-state index >= 15 is 0 Å². The fraction of sp³-hybridized carbons (Fsp3) is 0.654. The summed E-state index contributed by atoms with van der Waals surface area (Å²) in [6.45, 7) is 2.18. The zero-order valence-corrected chi connectivity index (χ0v) is 19.3. The van der Waals surface area contributed by atoms with E-state index in [1.807, 2.05) is 18.2 Å². The molecule has 2 fully saturated rings. The lowest BCUT2D eigenvalue weighted by Gasteiger charge is -2.46. The Kier molecular flexibility index (Phi) is 8.60. The molecule has 0 heterocycles. The molecule has 1 aromatic carbocycles. The zero-order valence-electron chi connectivity index (χ0n) is 18.5. The molecule has 2 aliphatic rings. The molecular formula is C26H37ClO4. The van der Waals surface area contributed by atoms with E-state index < -0.39 is 18.2 Å². The third-order valence-electron chi connectivity index (χ3n) is 7.43. The Morgan fingerprint density at radius 2 is 2.10 bits per heavy atom. The van der Waals surface area contributed by atoms with E-state index in [4.69, 9.17) is 16.7 Å². The van der Waals surface area contributed by atoms with Gasteiger partial charge in [0.2, 0.25) is 0 Å². The van der Waals surface area contributed by atoms with Crippen molar-refractivity contribution in [1.29, 1.82) is 0 Å². The number of unbranched alkanes of at least 4 members (excludes halogenated alkanes) is 1. The Bertz CT molecular complexity index is 758. The second kappa shape index (κ2) is 11.0. The normalized spacial score (nSPS) is 28.5. The van der Waals surface area contributed by atoms with Crippen LogP contribution in [0.4, 0.5) is 0 Å². The lowest BCUT2D eigenvalue weighted by molar-refractivity contribution is -0.137. The highest BCUT2D eigenvalue weighted by Gasteiger charge is 2.44. The minimum atomic E-state index is -0.766. The Hall–Kier alpha value is -1.36. The Balaban J connectivity index is 1.71. The first kappa shape index (κ1) is 24.3. The molecule has 172 valence electrons. The molecule has 3 N–H and O–H groups in total. The Labute approximate surface area is 191 Å². The highest BCUT2D eigenvalue weighted by Crippen LogP contribution is 2.54. The standard InChI is InChI=1S/C26H37ClO4/c1-2-13-26(14-8-15-26)25(31)19-10-7-9-18(16-19)24-20(21(27)17-22(24)28)11-5-3-4-6-12-23(29)30/h3,5,7,9-10,16,20-22,24-25,28,31H,2,4,6,8,11-15,17H2,1H3,(H,29,30)/b5-3+. The number of hydrogen-bond donors (Lipinski definition) is 3.